The highest BCUT2D eigenvalue weighted by atomic mass is 32.2. The zero-order valence-electron chi connectivity index (χ0n) is 19.6. The summed E-state index contributed by atoms with van der Waals surface area (Å²) in [5, 5.41) is 25.7. The molecule has 3 aromatic rings. The van der Waals surface area contributed by atoms with E-state index in [0.717, 1.165) is 36.4 Å². The van der Waals surface area contributed by atoms with Gasteiger partial charge in [-0.1, -0.05) is 42.0 Å². The molecule has 0 aliphatic carbocycles. The van der Waals surface area contributed by atoms with E-state index >= 15 is 0 Å². The average molecular weight is 501 g/mol. The van der Waals surface area contributed by atoms with Crippen molar-refractivity contribution < 1.29 is 20.2 Å². The van der Waals surface area contributed by atoms with Gasteiger partial charge in [0, 0.05) is 43.1 Å². The third-order valence-corrected chi connectivity index (χ3v) is 7.55. The molecule has 0 aliphatic heterocycles. The van der Waals surface area contributed by atoms with E-state index in [1.54, 1.807) is 0 Å². The van der Waals surface area contributed by atoms with Gasteiger partial charge in [-0.05, 0) is 54.4 Å². The maximum absolute atomic E-state index is 9.26. The highest BCUT2D eigenvalue weighted by molar-refractivity contribution is 8.13. The fourth-order valence-electron chi connectivity index (χ4n) is 3.90. The van der Waals surface area contributed by atoms with Crippen LogP contribution in [0.2, 0.25) is 0 Å². The lowest BCUT2D eigenvalue weighted by atomic mass is 10.1. The minimum Gasteiger partial charge on any atom is -0.395 e. The zero-order chi connectivity index (χ0) is 24.2. The SMILES string of the molecule is NC(=[NH2+])SCCCCCC[n+]1c(/C=C/c2ccc(N(CCO)CCO)cc2)sc2ccccc21. The number of benzene rings is 2. The van der Waals surface area contributed by atoms with Crippen LogP contribution in [-0.2, 0) is 6.54 Å². The number of aromatic nitrogens is 1. The van der Waals surface area contributed by atoms with E-state index in [1.807, 2.05) is 28.4 Å². The van der Waals surface area contributed by atoms with E-state index < -0.39 is 0 Å². The molecule has 2 aromatic carbocycles. The first-order valence-electron chi connectivity index (χ1n) is 11.8. The largest absolute Gasteiger partial charge is 0.395 e. The molecule has 6 N–H and O–H groups in total. The van der Waals surface area contributed by atoms with Gasteiger partial charge in [-0.3, -0.25) is 11.1 Å². The molecule has 182 valence electrons. The maximum atomic E-state index is 9.26. The Hall–Kier alpha value is -2.39. The Morgan fingerprint density at radius 1 is 0.971 bits per heavy atom. The Morgan fingerprint density at radius 3 is 2.38 bits per heavy atom. The number of fused-ring (bicyclic) bond motifs is 1. The van der Waals surface area contributed by atoms with Gasteiger partial charge in [0.15, 0.2) is 6.54 Å². The quantitative estimate of drug-likeness (QED) is 0.118. The molecule has 1 heterocycles. The highest BCUT2D eigenvalue weighted by Crippen LogP contribution is 2.23. The molecule has 0 atom stereocenters. The Bertz CT molecular complexity index is 1060. The van der Waals surface area contributed by atoms with E-state index in [-0.39, 0.29) is 13.2 Å². The molecule has 0 saturated heterocycles. The van der Waals surface area contributed by atoms with Gasteiger partial charge in [0.2, 0.25) is 5.52 Å². The van der Waals surface area contributed by atoms with Crippen molar-refractivity contribution in [3.63, 3.8) is 0 Å². The van der Waals surface area contributed by atoms with Crippen molar-refractivity contribution in [2.45, 2.75) is 32.2 Å². The third-order valence-electron chi connectivity index (χ3n) is 5.60. The van der Waals surface area contributed by atoms with Crippen LogP contribution in [0.3, 0.4) is 0 Å². The summed E-state index contributed by atoms with van der Waals surface area (Å²) in [6.45, 7) is 2.14. The van der Waals surface area contributed by atoms with Crippen LogP contribution in [-0.4, -0.2) is 47.4 Å². The average Bonchev–Trinajstić information content (AvgIpc) is 3.19. The predicted octanol–water partition coefficient (Wildman–Crippen LogP) is 2.52. The summed E-state index contributed by atoms with van der Waals surface area (Å²) in [6, 6.07) is 16.8. The number of hydrogen-bond acceptors (Lipinski definition) is 5. The Balaban J connectivity index is 1.66. The molecule has 0 bridgehead atoms. The monoisotopic (exact) mass is 500 g/mol. The van der Waals surface area contributed by atoms with Crippen LogP contribution in [0, 0.1) is 0 Å². The van der Waals surface area contributed by atoms with Crippen molar-refractivity contribution in [3.8, 4) is 0 Å². The molecule has 0 radical (unpaired) electrons. The second kappa shape index (κ2) is 14.1. The Morgan fingerprint density at radius 2 is 1.68 bits per heavy atom. The maximum Gasteiger partial charge on any atom is 0.299 e. The number of aryl methyl sites for hydroxylation is 1. The fraction of sp³-hybridized carbons (Fsp3) is 0.385. The predicted molar refractivity (Wildman–Crippen MR) is 146 cm³/mol. The normalized spacial score (nSPS) is 11.5. The second-order valence-corrected chi connectivity index (χ2v) is 10.3. The number of amidine groups is 1. The number of thiazole rings is 1. The first kappa shape index (κ1) is 26.2. The van der Waals surface area contributed by atoms with Gasteiger partial charge in [-0.15, -0.1) is 0 Å². The van der Waals surface area contributed by atoms with Crippen molar-refractivity contribution in [2.75, 3.05) is 37.0 Å². The minimum absolute atomic E-state index is 0.0630. The number of thioether (sulfide) groups is 1. The number of hydrogen-bond donors (Lipinski definition) is 4. The first-order valence-corrected chi connectivity index (χ1v) is 13.6. The van der Waals surface area contributed by atoms with E-state index in [9.17, 15) is 10.2 Å². The number of anilines is 1. The fourth-order valence-corrected chi connectivity index (χ4v) is 5.57. The number of unbranched alkanes of at least 4 members (excludes halogenated alkanes) is 3. The van der Waals surface area contributed by atoms with Crippen molar-refractivity contribution in [1.82, 2.24) is 0 Å². The van der Waals surface area contributed by atoms with E-state index in [2.05, 4.69) is 53.1 Å². The van der Waals surface area contributed by atoms with E-state index in [0.29, 0.717) is 18.3 Å². The van der Waals surface area contributed by atoms with E-state index in [1.165, 1.54) is 39.8 Å². The molecule has 6 nitrogen and oxygen atoms in total. The summed E-state index contributed by atoms with van der Waals surface area (Å²) in [5.74, 6) is 0.987. The third kappa shape index (κ3) is 7.84. The van der Waals surface area contributed by atoms with Crippen LogP contribution in [0.5, 0.6) is 0 Å². The number of rotatable bonds is 14. The lowest BCUT2D eigenvalue weighted by Gasteiger charge is -2.22. The standard InChI is InChI=1S/C26H35N4O2S2/c27-26(28)33-20-6-2-1-5-15-30-23-7-3-4-8-24(23)34-25(30)14-11-21-9-12-22(13-10-21)29(16-18-31)17-19-32/h3-4,7-14,31-32H,1-2,5-6,15-20H2,(H3,27,28)/q+1/p+1. The molecular weight excluding hydrogens is 464 g/mol. The summed E-state index contributed by atoms with van der Waals surface area (Å²) >= 11 is 3.36. The Kier molecular flexibility index (Phi) is 10.9. The van der Waals surface area contributed by atoms with Crippen LogP contribution in [0.15, 0.2) is 48.5 Å². The molecular formula is C26H36N4O2S2+2. The van der Waals surface area contributed by atoms with Crippen LogP contribution in [0.4, 0.5) is 5.69 Å². The van der Waals surface area contributed by atoms with Gasteiger partial charge in [-0.2, -0.15) is 4.57 Å². The molecule has 1 aromatic heterocycles. The van der Waals surface area contributed by atoms with Crippen LogP contribution in [0.25, 0.3) is 22.4 Å². The topological polar surface area (TPSA) is 99.2 Å². The summed E-state index contributed by atoms with van der Waals surface area (Å²) in [4.78, 5) is 1.98. The van der Waals surface area contributed by atoms with Crippen molar-refractivity contribution >= 4 is 56.3 Å². The molecule has 0 spiro atoms. The van der Waals surface area contributed by atoms with Crippen LogP contribution < -0.4 is 20.6 Å². The van der Waals surface area contributed by atoms with E-state index in [4.69, 9.17) is 11.1 Å². The number of aliphatic hydroxyl groups excluding tert-OH is 2. The molecule has 3 rings (SSSR count). The van der Waals surface area contributed by atoms with Gasteiger partial charge < -0.3 is 15.1 Å². The second-order valence-electron chi connectivity index (χ2n) is 8.08. The van der Waals surface area contributed by atoms with Gasteiger partial charge in [0.25, 0.3) is 10.2 Å². The van der Waals surface area contributed by atoms with Crippen LogP contribution in [0.1, 0.15) is 36.3 Å². The smallest absolute Gasteiger partial charge is 0.299 e. The zero-order valence-corrected chi connectivity index (χ0v) is 21.2. The minimum atomic E-state index is 0.0630. The first-order chi connectivity index (χ1) is 16.6. The molecule has 0 fully saturated rings. The molecule has 0 unspecified atom stereocenters. The van der Waals surface area contributed by atoms with Gasteiger partial charge >= 0.3 is 0 Å². The number of aliphatic hydroxyl groups is 2. The van der Waals surface area contributed by atoms with Gasteiger partial charge in [0.05, 0.1) is 13.2 Å². The summed E-state index contributed by atoms with van der Waals surface area (Å²) < 4.78 is 3.72. The summed E-state index contributed by atoms with van der Waals surface area (Å²) in [7, 11) is 0. The number of para-hydroxylation sites is 1. The van der Waals surface area contributed by atoms with Gasteiger partial charge in [-0.25, -0.2) is 0 Å². The van der Waals surface area contributed by atoms with Crippen molar-refractivity contribution in [3.05, 3.63) is 59.1 Å². The molecule has 0 saturated carbocycles. The van der Waals surface area contributed by atoms with Crippen LogP contribution >= 0.6 is 23.1 Å². The lowest BCUT2D eigenvalue weighted by molar-refractivity contribution is -0.669. The number of nitrogens with two attached hydrogens (primary N) is 2. The lowest BCUT2D eigenvalue weighted by Crippen LogP contribution is -2.43. The Labute approximate surface area is 210 Å². The van der Waals surface area contributed by atoms with Gasteiger partial charge in [0.1, 0.15) is 4.70 Å². The molecule has 34 heavy (non-hydrogen) atoms. The molecule has 8 heteroatoms. The summed E-state index contributed by atoms with van der Waals surface area (Å²) in [5.41, 5.74) is 8.92. The molecule has 0 amide bonds. The molecule has 0 aliphatic rings. The highest BCUT2D eigenvalue weighted by Gasteiger charge is 2.17. The van der Waals surface area contributed by atoms with Crippen molar-refractivity contribution in [2.24, 2.45) is 5.73 Å². The van der Waals surface area contributed by atoms with Crippen molar-refractivity contribution in [1.29, 1.82) is 0 Å². The number of nitrogens with zero attached hydrogens (tertiary/aromatic N) is 2. The summed E-state index contributed by atoms with van der Waals surface area (Å²) in [6.07, 6.45) is 9.00.